The highest BCUT2D eigenvalue weighted by Crippen LogP contribution is 2.26. The van der Waals surface area contributed by atoms with Gasteiger partial charge in [-0.3, -0.25) is 9.59 Å². The molecule has 30 heavy (non-hydrogen) atoms. The number of ether oxygens (including phenoxy) is 1. The van der Waals surface area contributed by atoms with Gasteiger partial charge in [-0.15, -0.1) is 0 Å². The van der Waals surface area contributed by atoms with Gasteiger partial charge >= 0.3 is 0 Å². The summed E-state index contributed by atoms with van der Waals surface area (Å²) in [5, 5.41) is 3.80. The second-order valence-corrected chi connectivity index (χ2v) is 8.79. The van der Waals surface area contributed by atoms with Crippen molar-refractivity contribution in [3.05, 3.63) is 35.7 Å². The first-order valence-corrected chi connectivity index (χ1v) is 11.5. The number of imidazole rings is 1. The summed E-state index contributed by atoms with van der Waals surface area (Å²) in [6.45, 7) is 6.40. The first-order valence-electron chi connectivity index (χ1n) is 10.5. The van der Waals surface area contributed by atoms with Gasteiger partial charge in [0, 0.05) is 36.6 Å². The second-order valence-electron chi connectivity index (χ2n) is 7.85. The standard InChI is InChI=1S/C22H28N4O3S/c1-15-16(2)26(13-19-8-5-11-29-19)22(23-15)30-14-20(27)24-17-6-3-7-18(12-17)25-10-4-9-21(25)28/h3,6-7,12,19H,4-5,8-11,13-14H2,1-2H3,(H,24,27). The highest BCUT2D eigenvalue weighted by atomic mass is 32.2. The van der Waals surface area contributed by atoms with E-state index < -0.39 is 0 Å². The molecule has 1 atom stereocenters. The maximum absolute atomic E-state index is 12.6. The Labute approximate surface area is 181 Å². The third-order valence-electron chi connectivity index (χ3n) is 5.68. The number of nitrogens with one attached hydrogen (secondary N) is 1. The Balaban J connectivity index is 1.37. The fraction of sp³-hybridized carbons (Fsp3) is 0.500. The number of rotatable bonds is 7. The summed E-state index contributed by atoms with van der Waals surface area (Å²) >= 11 is 1.44. The number of anilines is 2. The molecule has 8 heteroatoms. The average molecular weight is 429 g/mol. The number of amides is 2. The minimum atomic E-state index is -0.0909. The number of benzene rings is 1. The lowest BCUT2D eigenvalue weighted by atomic mass is 10.2. The van der Waals surface area contributed by atoms with Crippen LogP contribution in [0.4, 0.5) is 11.4 Å². The molecular formula is C22H28N4O3S. The molecule has 2 saturated heterocycles. The van der Waals surface area contributed by atoms with Gasteiger partial charge in [0.15, 0.2) is 5.16 Å². The van der Waals surface area contributed by atoms with Crippen LogP contribution in [0, 0.1) is 13.8 Å². The minimum absolute atomic E-state index is 0.0909. The molecule has 2 aromatic rings. The topological polar surface area (TPSA) is 76.5 Å². The fourth-order valence-electron chi connectivity index (χ4n) is 3.94. The molecule has 2 amide bonds. The lowest BCUT2D eigenvalue weighted by Crippen LogP contribution is -2.24. The summed E-state index contributed by atoms with van der Waals surface area (Å²) in [5.41, 5.74) is 3.64. The van der Waals surface area contributed by atoms with Crippen molar-refractivity contribution in [1.29, 1.82) is 0 Å². The van der Waals surface area contributed by atoms with Crippen LogP contribution in [0.25, 0.3) is 0 Å². The Kier molecular flexibility index (Phi) is 6.43. The van der Waals surface area contributed by atoms with E-state index in [2.05, 4.69) is 21.8 Å². The number of carbonyl (C=O) groups excluding carboxylic acids is 2. The van der Waals surface area contributed by atoms with Crippen molar-refractivity contribution in [3.8, 4) is 0 Å². The Morgan fingerprint density at radius 1 is 1.33 bits per heavy atom. The normalized spacial score (nSPS) is 18.9. The average Bonchev–Trinajstić information content (AvgIpc) is 3.45. The zero-order valence-electron chi connectivity index (χ0n) is 17.5. The molecule has 3 heterocycles. The van der Waals surface area contributed by atoms with Crippen LogP contribution in [0.5, 0.6) is 0 Å². The van der Waals surface area contributed by atoms with Gasteiger partial charge in [0.25, 0.3) is 0 Å². The van der Waals surface area contributed by atoms with Crippen LogP contribution >= 0.6 is 11.8 Å². The predicted molar refractivity (Wildman–Crippen MR) is 118 cm³/mol. The van der Waals surface area contributed by atoms with Crippen LogP contribution in [0.15, 0.2) is 29.4 Å². The van der Waals surface area contributed by atoms with Crippen LogP contribution in [0.2, 0.25) is 0 Å². The highest BCUT2D eigenvalue weighted by molar-refractivity contribution is 7.99. The first-order chi connectivity index (χ1) is 14.5. The quantitative estimate of drug-likeness (QED) is 0.683. The third-order valence-corrected chi connectivity index (χ3v) is 6.66. The molecule has 1 aromatic carbocycles. The molecule has 0 spiro atoms. The minimum Gasteiger partial charge on any atom is -0.376 e. The molecule has 2 aliphatic heterocycles. The number of carbonyl (C=O) groups is 2. The van der Waals surface area contributed by atoms with Crippen LogP contribution in [0.3, 0.4) is 0 Å². The Bertz CT molecular complexity index is 936. The SMILES string of the molecule is Cc1nc(SCC(=O)Nc2cccc(N3CCCC3=O)c2)n(CC2CCCO2)c1C. The lowest BCUT2D eigenvalue weighted by molar-refractivity contribution is -0.117. The molecule has 1 aromatic heterocycles. The zero-order chi connectivity index (χ0) is 21.1. The van der Waals surface area contributed by atoms with E-state index in [1.165, 1.54) is 11.8 Å². The molecule has 7 nitrogen and oxygen atoms in total. The number of thioether (sulfide) groups is 1. The monoisotopic (exact) mass is 428 g/mol. The van der Waals surface area contributed by atoms with Gasteiger partial charge in [-0.25, -0.2) is 4.98 Å². The lowest BCUT2D eigenvalue weighted by Gasteiger charge is -2.17. The van der Waals surface area contributed by atoms with Crippen LogP contribution in [-0.2, 0) is 20.9 Å². The predicted octanol–water partition coefficient (Wildman–Crippen LogP) is 3.54. The summed E-state index contributed by atoms with van der Waals surface area (Å²) in [4.78, 5) is 31.0. The van der Waals surface area contributed by atoms with Crippen LogP contribution in [0.1, 0.15) is 37.1 Å². The number of hydrogen-bond donors (Lipinski definition) is 1. The molecule has 0 aliphatic carbocycles. The zero-order valence-corrected chi connectivity index (χ0v) is 18.3. The maximum atomic E-state index is 12.6. The summed E-state index contributed by atoms with van der Waals surface area (Å²) < 4.78 is 7.95. The largest absolute Gasteiger partial charge is 0.376 e. The Morgan fingerprint density at radius 3 is 2.93 bits per heavy atom. The molecule has 0 saturated carbocycles. The van der Waals surface area contributed by atoms with Crippen molar-refractivity contribution in [2.45, 2.75) is 57.3 Å². The molecule has 1 N–H and O–H groups in total. The number of aromatic nitrogens is 2. The van der Waals surface area contributed by atoms with Gasteiger partial charge in [0.1, 0.15) is 0 Å². The Morgan fingerprint density at radius 2 is 2.20 bits per heavy atom. The van der Waals surface area contributed by atoms with Gasteiger partial charge in [-0.05, 0) is 51.3 Å². The van der Waals surface area contributed by atoms with Gasteiger partial charge in [0.05, 0.1) is 24.1 Å². The van der Waals surface area contributed by atoms with Crippen molar-refractivity contribution in [1.82, 2.24) is 9.55 Å². The molecule has 160 valence electrons. The van der Waals surface area contributed by atoms with Crippen molar-refractivity contribution < 1.29 is 14.3 Å². The Hall–Kier alpha value is -2.32. The summed E-state index contributed by atoms with van der Waals surface area (Å²) in [6.07, 6.45) is 3.86. The van der Waals surface area contributed by atoms with Gasteiger partial charge in [-0.2, -0.15) is 0 Å². The van der Waals surface area contributed by atoms with Gasteiger partial charge in [-0.1, -0.05) is 17.8 Å². The van der Waals surface area contributed by atoms with E-state index in [0.717, 1.165) is 61.2 Å². The molecule has 0 radical (unpaired) electrons. The smallest absolute Gasteiger partial charge is 0.234 e. The molecular weight excluding hydrogens is 400 g/mol. The third kappa shape index (κ3) is 4.70. The molecule has 2 fully saturated rings. The maximum Gasteiger partial charge on any atom is 0.234 e. The summed E-state index contributed by atoms with van der Waals surface area (Å²) in [5.74, 6) is 0.318. The molecule has 0 bridgehead atoms. The fourth-order valence-corrected chi connectivity index (χ4v) is 4.84. The molecule has 2 aliphatic rings. The van der Waals surface area contributed by atoms with E-state index in [1.807, 2.05) is 31.2 Å². The van der Waals surface area contributed by atoms with Crippen LogP contribution < -0.4 is 10.2 Å². The number of hydrogen-bond acceptors (Lipinski definition) is 5. The molecule has 4 rings (SSSR count). The van der Waals surface area contributed by atoms with Crippen molar-refractivity contribution in [2.24, 2.45) is 0 Å². The number of nitrogens with zero attached hydrogens (tertiary/aromatic N) is 3. The first kappa shape index (κ1) is 20.9. The van der Waals surface area contributed by atoms with E-state index in [9.17, 15) is 9.59 Å². The molecule has 1 unspecified atom stereocenters. The van der Waals surface area contributed by atoms with Crippen molar-refractivity contribution in [2.75, 3.05) is 29.1 Å². The number of aryl methyl sites for hydroxylation is 1. The van der Waals surface area contributed by atoms with Crippen LogP contribution in [-0.4, -0.2) is 46.4 Å². The van der Waals surface area contributed by atoms with E-state index >= 15 is 0 Å². The van der Waals surface area contributed by atoms with E-state index in [0.29, 0.717) is 12.1 Å². The summed E-state index contributed by atoms with van der Waals surface area (Å²) in [6, 6.07) is 7.48. The van der Waals surface area contributed by atoms with E-state index in [4.69, 9.17) is 4.74 Å². The van der Waals surface area contributed by atoms with Crippen molar-refractivity contribution >= 4 is 35.0 Å². The summed E-state index contributed by atoms with van der Waals surface area (Å²) in [7, 11) is 0. The van der Waals surface area contributed by atoms with Gasteiger partial charge < -0.3 is 19.5 Å². The highest BCUT2D eigenvalue weighted by Gasteiger charge is 2.22. The second kappa shape index (κ2) is 9.22. The van der Waals surface area contributed by atoms with Crippen molar-refractivity contribution in [3.63, 3.8) is 0 Å². The van der Waals surface area contributed by atoms with E-state index in [1.54, 1.807) is 4.90 Å². The van der Waals surface area contributed by atoms with E-state index in [-0.39, 0.29) is 23.7 Å². The van der Waals surface area contributed by atoms with Gasteiger partial charge in [0.2, 0.25) is 11.8 Å².